The van der Waals surface area contributed by atoms with E-state index in [1.54, 1.807) is 19.1 Å². The Morgan fingerprint density at radius 3 is 2.72 bits per heavy atom. The number of thioether (sulfide) groups is 1. The van der Waals surface area contributed by atoms with Gasteiger partial charge in [-0.3, -0.25) is 10.1 Å². The van der Waals surface area contributed by atoms with Crippen LogP contribution >= 0.6 is 11.8 Å². The fourth-order valence-corrected chi connectivity index (χ4v) is 4.06. The molecule has 1 aliphatic rings. The molecule has 1 unspecified atom stereocenters. The van der Waals surface area contributed by atoms with Gasteiger partial charge in [-0.05, 0) is 24.6 Å². The number of hydrogen-bond donors (Lipinski definition) is 1. The first kappa shape index (κ1) is 17.0. The Balaban J connectivity index is 2.16. The average molecular weight is 356 g/mol. The zero-order chi connectivity index (χ0) is 18.0. The lowest BCUT2D eigenvalue weighted by Gasteiger charge is -2.18. The monoisotopic (exact) mass is 356 g/mol. The maximum atomic E-state index is 12.4. The van der Waals surface area contributed by atoms with E-state index in [-0.39, 0.29) is 5.69 Å². The number of rotatable bonds is 3. The molecule has 0 bridgehead atoms. The molecule has 1 aliphatic heterocycles. The van der Waals surface area contributed by atoms with Crippen molar-refractivity contribution in [3.63, 3.8) is 0 Å². The van der Waals surface area contributed by atoms with Crippen LogP contribution in [0.25, 0.3) is 0 Å². The summed E-state index contributed by atoms with van der Waals surface area (Å²) in [7, 11) is 1.33. The summed E-state index contributed by atoms with van der Waals surface area (Å²) >= 11 is 1.46. The summed E-state index contributed by atoms with van der Waals surface area (Å²) in [4.78, 5) is 24.1. The van der Waals surface area contributed by atoms with Crippen molar-refractivity contribution in [3.05, 3.63) is 75.5 Å². The Bertz CT molecular complexity index is 879. The molecule has 1 N–H and O–H groups in total. The van der Waals surface area contributed by atoms with E-state index in [0.717, 1.165) is 10.6 Å². The molecule has 0 aromatic heterocycles. The fraction of sp³-hybridized carbons (Fsp3) is 0.167. The van der Waals surface area contributed by atoms with Crippen molar-refractivity contribution in [2.75, 3.05) is 12.4 Å². The van der Waals surface area contributed by atoms with Gasteiger partial charge in [0.1, 0.15) is 0 Å². The van der Waals surface area contributed by atoms with E-state index in [4.69, 9.17) is 4.74 Å². The van der Waals surface area contributed by atoms with Crippen LogP contribution in [0.4, 0.5) is 11.4 Å². The summed E-state index contributed by atoms with van der Waals surface area (Å²) in [6, 6.07) is 14.0. The van der Waals surface area contributed by atoms with Crippen LogP contribution in [-0.2, 0) is 9.53 Å². The maximum absolute atomic E-state index is 12.4. The largest absolute Gasteiger partial charge is 0.466 e. The number of nitro groups is 1. The zero-order valence-electron chi connectivity index (χ0n) is 13.7. The molecule has 0 aliphatic carbocycles. The molecule has 0 radical (unpaired) electrons. The van der Waals surface area contributed by atoms with Crippen LogP contribution < -0.4 is 5.32 Å². The van der Waals surface area contributed by atoms with Gasteiger partial charge < -0.3 is 10.1 Å². The van der Waals surface area contributed by atoms with E-state index < -0.39 is 16.1 Å². The van der Waals surface area contributed by atoms with Crippen molar-refractivity contribution < 1.29 is 14.5 Å². The molecule has 0 fully saturated rings. The van der Waals surface area contributed by atoms with Gasteiger partial charge in [0, 0.05) is 22.7 Å². The van der Waals surface area contributed by atoms with Crippen LogP contribution in [-0.4, -0.2) is 18.0 Å². The van der Waals surface area contributed by atoms with Crippen LogP contribution in [0.15, 0.2) is 64.7 Å². The van der Waals surface area contributed by atoms with Crippen LogP contribution in [0, 0.1) is 10.1 Å². The summed E-state index contributed by atoms with van der Waals surface area (Å²) in [5, 5.41) is 14.0. The highest BCUT2D eigenvalue weighted by Crippen LogP contribution is 2.47. The molecule has 0 spiro atoms. The van der Waals surface area contributed by atoms with Crippen molar-refractivity contribution in [2.45, 2.75) is 17.1 Å². The summed E-state index contributed by atoms with van der Waals surface area (Å²) in [5.74, 6) is -0.457. The van der Waals surface area contributed by atoms with Gasteiger partial charge in [0.15, 0.2) is 0 Å². The van der Waals surface area contributed by atoms with Crippen molar-refractivity contribution in [2.24, 2.45) is 0 Å². The number of para-hydroxylation sites is 1. The number of ether oxygens (including phenoxy) is 1. The predicted octanol–water partition coefficient (Wildman–Crippen LogP) is 4.30. The van der Waals surface area contributed by atoms with Gasteiger partial charge in [-0.1, -0.05) is 24.3 Å². The number of nitrogens with zero attached hydrogens (tertiary/aromatic N) is 1. The van der Waals surface area contributed by atoms with Crippen LogP contribution in [0.1, 0.15) is 17.7 Å². The topological polar surface area (TPSA) is 81.5 Å². The van der Waals surface area contributed by atoms with Crippen LogP contribution in [0.5, 0.6) is 0 Å². The summed E-state index contributed by atoms with van der Waals surface area (Å²) in [6.07, 6.45) is 0. The number of nitrogens with one attached hydrogen (secondary N) is 1. The summed E-state index contributed by atoms with van der Waals surface area (Å²) < 4.78 is 4.96. The van der Waals surface area contributed by atoms with Crippen LogP contribution in [0.2, 0.25) is 0 Å². The molecule has 0 saturated heterocycles. The minimum absolute atomic E-state index is 0.00883. The molecular weight excluding hydrogens is 340 g/mol. The number of methoxy groups -OCH3 is 1. The van der Waals surface area contributed by atoms with E-state index in [1.807, 2.05) is 24.3 Å². The van der Waals surface area contributed by atoms with Gasteiger partial charge in [0.2, 0.25) is 0 Å². The zero-order valence-corrected chi connectivity index (χ0v) is 14.5. The first-order valence-electron chi connectivity index (χ1n) is 7.57. The Labute approximate surface area is 149 Å². The standard InChI is InChI=1S/C18H16N2O4S/c1-11-16(18(21)24-2)17(12-6-5-7-13(10-12)20(22)23)25-15-9-4-3-8-14(15)19-11/h3-10,17,19H,1-2H3. The van der Waals surface area contributed by atoms with Gasteiger partial charge in [-0.15, -0.1) is 11.8 Å². The third-order valence-electron chi connectivity index (χ3n) is 3.91. The second-order valence-corrected chi connectivity index (χ2v) is 6.65. The third kappa shape index (κ3) is 3.36. The molecule has 2 aromatic rings. The Kier molecular flexibility index (Phi) is 4.76. The van der Waals surface area contributed by atoms with E-state index in [2.05, 4.69) is 5.32 Å². The van der Waals surface area contributed by atoms with Gasteiger partial charge in [-0.2, -0.15) is 0 Å². The number of hydrogen-bond acceptors (Lipinski definition) is 6. The quantitative estimate of drug-likeness (QED) is 0.502. The lowest BCUT2D eigenvalue weighted by molar-refractivity contribution is -0.384. The minimum Gasteiger partial charge on any atom is -0.466 e. The van der Waals surface area contributed by atoms with Gasteiger partial charge in [0.05, 0.1) is 28.5 Å². The van der Waals surface area contributed by atoms with Gasteiger partial charge in [-0.25, -0.2) is 4.79 Å². The average Bonchev–Trinajstić information content (AvgIpc) is 2.76. The normalized spacial score (nSPS) is 16.5. The van der Waals surface area contributed by atoms with Crippen molar-refractivity contribution >= 4 is 29.1 Å². The number of allylic oxidation sites excluding steroid dienone is 1. The maximum Gasteiger partial charge on any atom is 0.337 e. The van der Waals surface area contributed by atoms with Crippen molar-refractivity contribution in [3.8, 4) is 0 Å². The second-order valence-electron chi connectivity index (χ2n) is 5.50. The van der Waals surface area contributed by atoms with E-state index in [1.165, 1.54) is 31.0 Å². The number of anilines is 1. The van der Waals surface area contributed by atoms with Crippen LogP contribution in [0.3, 0.4) is 0 Å². The smallest absolute Gasteiger partial charge is 0.337 e. The third-order valence-corrected chi connectivity index (χ3v) is 5.26. The second kappa shape index (κ2) is 6.98. The van der Waals surface area contributed by atoms with Gasteiger partial charge in [0.25, 0.3) is 5.69 Å². The number of carbonyl (C=O) groups is 1. The summed E-state index contributed by atoms with van der Waals surface area (Å²) in [5.41, 5.74) is 2.67. The fourth-order valence-electron chi connectivity index (χ4n) is 2.73. The highest BCUT2D eigenvalue weighted by atomic mass is 32.2. The number of nitro benzene ring substituents is 1. The first-order valence-corrected chi connectivity index (χ1v) is 8.45. The van der Waals surface area contributed by atoms with Crippen molar-refractivity contribution in [1.82, 2.24) is 0 Å². The molecule has 25 heavy (non-hydrogen) atoms. The van der Waals surface area contributed by atoms with E-state index >= 15 is 0 Å². The highest BCUT2D eigenvalue weighted by molar-refractivity contribution is 8.00. The first-order chi connectivity index (χ1) is 12.0. The number of esters is 1. The summed E-state index contributed by atoms with van der Waals surface area (Å²) in [6.45, 7) is 1.80. The Morgan fingerprint density at radius 2 is 2.00 bits per heavy atom. The Hall–Kier alpha value is -2.80. The predicted molar refractivity (Wildman–Crippen MR) is 96.5 cm³/mol. The lowest BCUT2D eigenvalue weighted by Crippen LogP contribution is -2.15. The van der Waals surface area contributed by atoms with Gasteiger partial charge >= 0.3 is 5.97 Å². The molecule has 6 nitrogen and oxygen atoms in total. The van der Waals surface area contributed by atoms with E-state index in [9.17, 15) is 14.9 Å². The lowest BCUT2D eigenvalue weighted by atomic mass is 10.0. The molecule has 128 valence electrons. The van der Waals surface area contributed by atoms with Crippen molar-refractivity contribution in [1.29, 1.82) is 0 Å². The van der Waals surface area contributed by atoms with E-state index in [0.29, 0.717) is 16.8 Å². The SMILES string of the molecule is COC(=O)C1=C(C)Nc2ccccc2SC1c1cccc([N+](=O)[O-])c1. The number of fused-ring (bicyclic) bond motifs is 1. The molecule has 0 saturated carbocycles. The molecule has 1 heterocycles. The molecule has 3 rings (SSSR count). The molecular formula is C18H16N2O4S. The highest BCUT2D eigenvalue weighted by Gasteiger charge is 2.31. The molecule has 0 amide bonds. The number of carbonyl (C=O) groups excluding carboxylic acids is 1. The Morgan fingerprint density at radius 1 is 1.24 bits per heavy atom. The molecule has 2 aromatic carbocycles. The molecule has 7 heteroatoms. The number of benzene rings is 2. The molecule has 1 atom stereocenters. The minimum atomic E-state index is -0.457. The number of non-ortho nitro benzene ring substituents is 1.